The van der Waals surface area contributed by atoms with Crippen LogP contribution >= 0.6 is 27.5 Å². The van der Waals surface area contributed by atoms with Gasteiger partial charge in [0.25, 0.3) is 0 Å². The van der Waals surface area contributed by atoms with Crippen molar-refractivity contribution in [3.63, 3.8) is 0 Å². The summed E-state index contributed by atoms with van der Waals surface area (Å²) in [7, 11) is -3.77. The van der Waals surface area contributed by atoms with Crippen molar-refractivity contribution in [3.8, 4) is 0 Å². The monoisotopic (exact) mass is 557 g/mol. The number of benzene rings is 2. The van der Waals surface area contributed by atoms with E-state index in [2.05, 4.69) is 21.2 Å². The Morgan fingerprint density at radius 1 is 1.12 bits per heavy atom. The lowest BCUT2D eigenvalue weighted by Crippen LogP contribution is -2.52. The Morgan fingerprint density at radius 3 is 2.36 bits per heavy atom. The molecule has 0 aliphatic rings. The molecule has 2 rings (SSSR count). The number of halogens is 2. The SMILES string of the molecule is CC[C@H](C)NC(=O)[C@@H](C)N(Cc1cccc(Cl)c1)C(=O)CN(c1cccc(Br)c1)S(C)(=O)=O. The summed E-state index contributed by atoms with van der Waals surface area (Å²) in [5.74, 6) is -0.819. The summed E-state index contributed by atoms with van der Waals surface area (Å²) in [6, 6.07) is 12.8. The van der Waals surface area contributed by atoms with E-state index in [9.17, 15) is 18.0 Å². The van der Waals surface area contributed by atoms with Gasteiger partial charge >= 0.3 is 0 Å². The van der Waals surface area contributed by atoms with E-state index in [4.69, 9.17) is 11.6 Å². The highest BCUT2D eigenvalue weighted by atomic mass is 79.9. The van der Waals surface area contributed by atoms with E-state index >= 15 is 0 Å². The molecule has 0 radical (unpaired) electrons. The Hall–Kier alpha value is -2.10. The molecule has 2 atom stereocenters. The lowest BCUT2D eigenvalue weighted by Gasteiger charge is -2.32. The van der Waals surface area contributed by atoms with Gasteiger partial charge < -0.3 is 10.2 Å². The molecular formula is C23H29BrClN3O4S. The van der Waals surface area contributed by atoms with E-state index in [-0.39, 0.29) is 18.5 Å². The highest BCUT2D eigenvalue weighted by Gasteiger charge is 2.30. The first kappa shape index (κ1) is 27.1. The topological polar surface area (TPSA) is 86.8 Å². The predicted octanol–water partition coefficient (Wildman–Crippen LogP) is 4.20. The highest BCUT2D eigenvalue weighted by Crippen LogP contribution is 2.23. The number of nitrogens with zero attached hydrogens (tertiary/aromatic N) is 2. The van der Waals surface area contributed by atoms with Gasteiger partial charge in [0.15, 0.2) is 0 Å². The molecule has 7 nitrogen and oxygen atoms in total. The molecule has 2 amide bonds. The van der Waals surface area contributed by atoms with Gasteiger partial charge in [0.2, 0.25) is 21.8 Å². The first-order chi connectivity index (χ1) is 15.4. The van der Waals surface area contributed by atoms with Crippen molar-refractivity contribution in [3.05, 3.63) is 63.6 Å². The molecule has 0 saturated heterocycles. The lowest BCUT2D eigenvalue weighted by atomic mass is 10.1. The molecule has 33 heavy (non-hydrogen) atoms. The minimum atomic E-state index is -3.77. The number of rotatable bonds is 10. The van der Waals surface area contributed by atoms with Gasteiger partial charge in [-0.3, -0.25) is 13.9 Å². The van der Waals surface area contributed by atoms with Crippen LogP contribution in [-0.4, -0.2) is 50.0 Å². The molecule has 0 aliphatic carbocycles. The number of carbonyl (C=O) groups excluding carboxylic acids is 2. The molecule has 2 aromatic rings. The van der Waals surface area contributed by atoms with Crippen LogP contribution in [0.4, 0.5) is 5.69 Å². The Bertz CT molecular complexity index is 1100. The Morgan fingerprint density at radius 2 is 1.79 bits per heavy atom. The van der Waals surface area contributed by atoms with Crippen LogP contribution in [0.15, 0.2) is 53.0 Å². The molecule has 0 bridgehead atoms. The molecule has 0 heterocycles. The molecule has 1 N–H and O–H groups in total. The summed E-state index contributed by atoms with van der Waals surface area (Å²) >= 11 is 9.43. The van der Waals surface area contributed by atoms with Crippen molar-refractivity contribution in [2.24, 2.45) is 0 Å². The maximum absolute atomic E-state index is 13.4. The second-order valence-electron chi connectivity index (χ2n) is 7.89. The second-order valence-corrected chi connectivity index (χ2v) is 11.2. The fourth-order valence-corrected chi connectivity index (χ4v) is 4.57. The van der Waals surface area contributed by atoms with E-state index in [1.165, 1.54) is 4.90 Å². The minimum Gasteiger partial charge on any atom is -0.352 e. The zero-order valence-electron chi connectivity index (χ0n) is 19.1. The van der Waals surface area contributed by atoms with Crippen molar-refractivity contribution in [2.45, 2.75) is 45.8 Å². The standard InChI is InChI=1S/C23H29BrClN3O4S/c1-5-16(2)26-23(30)17(3)27(14-18-8-6-10-20(25)12-18)22(29)15-28(33(4,31)32)21-11-7-9-19(24)13-21/h6-13,16-17H,5,14-15H2,1-4H3,(H,26,30)/t16-,17+/m0/s1. The average molecular weight is 559 g/mol. The third kappa shape index (κ3) is 8.01. The first-order valence-electron chi connectivity index (χ1n) is 10.5. The van der Waals surface area contributed by atoms with Crippen LogP contribution in [0, 0.1) is 0 Å². The average Bonchev–Trinajstić information content (AvgIpc) is 2.74. The van der Waals surface area contributed by atoms with Gasteiger partial charge in [0, 0.05) is 22.1 Å². The Balaban J connectivity index is 2.38. The van der Waals surface area contributed by atoms with Crippen LogP contribution < -0.4 is 9.62 Å². The summed E-state index contributed by atoms with van der Waals surface area (Å²) in [5.41, 5.74) is 1.08. The van der Waals surface area contributed by atoms with Crippen LogP contribution in [0.25, 0.3) is 0 Å². The quantitative estimate of drug-likeness (QED) is 0.474. The largest absolute Gasteiger partial charge is 0.352 e. The van der Waals surface area contributed by atoms with E-state index in [1.807, 2.05) is 13.8 Å². The van der Waals surface area contributed by atoms with Crippen LogP contribution in [-0.2, 0) is 26.2 Å². The summed E-state index contributed by atoms with van der Waals surface area (Å²) in [6.45, 7) is 5.12. The fraction of sp³-hybridized carbons (Fsp3) is 0.391. The van der Waals surface area contributed by atoms with Crippen molar-refractivity contribution in [2.75, 3.05) is 17.1 Å². The van der Waals surface area contributed by atoms with Gasteiger partial charge in [-0.15, -0.1) is 0 Å². The maximum atomic E-state index is 13.4. The van der Waals surface area contributed by atoms with Crippen LogP contribution in [0.5, 0.6) is 0 Å². The first-order valence-corrected chi connectivity index (χ1v) is 13.5. The van der Waals surface area contributed by atoms with E-state index in [0.717, 1.165) is 22.5 Å². The van der Waals surface area contributed by atoms with Gasteiger partial charge in [-0.2, -0.15) is 0 Å². The van der Waals surface area contributed by atoms with Crippen molar-refractivity contribution < 1.29 is 18.0 Å². The maximum Gasteiger partial charge on any atom is 0.244 e. The third-order valence-corrected chi connectivity index (χ3v) is 7.05. The molecular weight excluding hydrogens is 530 g/mol. The molecule has 10 heteroatoms. The molecule has 0 spiro atoms. The van der Waals surface area contributed by atoms with Crippen molar-refractivity contribution in [1.29, 1.82) is 0 Å². The van der Waals surface area contributed by atoms with E-state index < -0.39 is 28.5 Å². The number of amides is 2. The normalized spacial score (nSPS) is 13.2. The minimum absolute atomic E-state index is 0.0581. The van der Waals surface area contributed by atoms with Gasteiger partial charge in [-0.05, 0) is 56.2 Å². The van der Waals surface area contributed by atoms with Crippen molar-refractivity contribution in [1.82, 2.24) is 10.2 Å². The zero-order valence-corrected chi connectivity index (χ0v) is 22.2. The molecule has 0 aromatic heterocycles. The molecule has 0 unspecified atom stereocenters. The number of anilines is 1. The second kappa shape index (κ2) is 11.9. The van der Waals surface area contributed by atoms with Crippen molar-refractivity contribution >= 4 is 55.1 Å². The number of carbonyl (C=O) groups is 2. The van der Waals surface area contributed by atoms with E-state index in [1.54, 1.807) is 55.5 Å². The van der Waals surface area contributed by atoms with Crippen LogP contribution in [0.2, 0.25) is 5.02 Å². The number of hydrogen-bond donors (Lipinski definition) is 1. The predicted molar refractivity (Wildman–Crippen MR) is 136 cm³/mol. The Labute approximate surface area is 209 Å². The summed E-state index contributed by atoms with van der Waals surface area (Å²) in [5, 5.41) is 3.39. The summed E-state index contributed by atoms with van der Waals surface area (Å²) in [4.78, 5) is 27.7. The third-order valence-electron chi connectivity index (χ3n) is 5.19. The van der Waals surface area contributed by atoms with Crippen LogP contribution in [0.3, 0.4) is 0 Å². The smallest absolute Gasteiger partial charge is 0.244 e. The van der Waals surface area contributed by atoms with E-state index in [0.29, 0.717) is 15.2 Å². The number of nitrogens with one attached hydrogen (secondary N) is 1. The molecule has 0 aliphatic heterocycles. The van der Waals surface area contributed by atoms with Crippen LogP contribution in [0.1, 0.15) is 32.8 Å². The lowest BCUT2D eigenvalue weighted by molar-refractivity contribution is -0.139. The molecule has 180 valence electrons. The number of sulfonamides is 1. The zero-order chi connectivity index (χ0) is 24.8. The number of hydrogen-bond acceptors (Lipinski definition) is 4. The fourth-order valence-electron chi connectivity index (χ4n) is 3.13. The van der Waals surface area contributed by atoms with Gasteiger partial charge in [0.1, 0.15) is 12.6 Å². The Kier molecular flexibility index (Phi) is 9.75. The highest BCUT2D eigenvalue weighted by molar-refractivity contribution is 9.10. The molecule has 0 fully saturated rings. The molecule has 0 saturated carbocycles. The summed E-state index contributed by atoms with van der Waals surface area (Å²) < 4.78 is 26.8. The van der Waals surface area contributed by atoms with Gasteiger partial charge in [-0.25, -0.2) is 8.42 Å². The molecule has 2 aromatic carbocycles. The van der Waals surface area contributed by atoms with Gasteiger partial charge in [-0.1, -0.05) is 52.7 Å². The summed E-state index contributed by atoms with van der Waals surface area (Å²) in [6.07, 6.45) is 1.78. The van der Waals surface area contributed by atoms with Gasteiger partial charge in [0.05, 0.1) is 11.9 Å².